The zero-order valence-corrected chi connectivity index (χ0v) is 12.8. The molecular weight excluding hydrogens is 272 g/mol. The van der Waals surface area contributed by atoms with E-state index >= 15 is 0 Å². The predicted molar refractivity (Wildman–Crippen MR) is 90.9 cm³/mol. The second kappa shape index (κ2) is 7.12. The molecule has 1 heterocycles. The third kappa shape index (κ3) is 3.48. The number of benzene rings is 2. The predicted octanol–water partition coefficient (Wildman–Crippen LogP) is 4.76. The van der Waals surface area contributed by atoms with E-state index in [2.05, 4.69) is 17.4 Å². The van der Waals surface area contributed by atoms with Crippen LogP contribution in [-0.4, -0.2) is 24.0 Å². The van der Waals surface area contributed by atoms with Crippen molar-refractivity contribution in [3.05, 3.63) is 54.6 Å². The Kier molecular flexibility index (Phi) is 4.74. The highest BCUT2D eigenvalue weighted by atomic mass is 16.2. The van der Waals surface area contributed by atoms with E-state index in [-0.39, 0.29) is 6.03 Å². The second-order valence-electron chi connectivity index (χ2n) is 5.74. The minimum absolute atomic E-state index is 0.0188. The van der Waals surface area contributed by atoms with E-state index in [1.807, 2.05) is 47.4 Å². The van der Waals surface area contributed by atoms with Gasteiger partial charge in [0.1, 0.15) is 0 Å². The number of nitrogens with one attached hydrogen (secondary N) is 1. The molecule has 0 spiro atoms. The number of carbonyl (C=O) groups is 1. The third-order valence-electron chi connectivity index (χ3n) is 4.15. The fraction of sp³-hybridized carbons (Fsp3) is 0.316. The van der Waals surface area contributed by atoms with Gasteiger partial charge >= 0.3 is 6.03 Å². The van der Waals surface area contributed by atoms with Gasteiger partial charge in [-0.2, -0.15) is 0 Å². The topological polar surface area (TPSA) is 32.3 Å². The van der Waals surface area contributed by atoms with Crippen LogP contribution in [0.15, 0.2) is 54.6 Å². The van der Waals surface area contributed by atoms with Crippen molar-refractivity contribution in [2.45, 2.75) is 25.7 Å². The van der Waals surface area contributed by atoms with Crippen molar-refractivity contribution in [1.29, 1.82) is 0 Å². The Labute approximate surface area is 132 Å². The molecule has 0 aliphatic carbocycles. The van der Waals surface area contributed by atoms with Gasteiger partial charge in [-0.15, -0.1) is 0 Å². The molecular formula is C19H22N2O. The maximum absolute atomic E-state index is 12.5. The fourth-order valence-corrected chi connectivity index (χ4v) is 2.93. The molecule has 2 aromatic carbocycles. The summed E-state index contributed by atoms with van der Waals surface area (Å²) >= 11 is 0. The average Bonchev–Trinajstić information content (AvgIpc) is 2.85. The molecule has 0 atom stereocenters. The first kappa shape index (κ1) is 14.6. The molecule has 3 rings (SSSR count). The third-order valence-corrected chi connectivity index (χ3v) is 4.15. The lowest BCUT2D eigenvalue weighted by Gasteiger charge is -2.21. The molecule has 0 radical (unpaired) electrons. The Hall–Kier alpha value is -2.29. The number of nitrogens with zero attached hydrogens (tertiary/aromatic N) is 1. The minimum Gasteiger partial charge on any atom is -0.325 e. The number of hydrogen-bond acceptors (Lipinski definition) is 1. The van der Waals surface area contributed by atoms with Gasteiger partial charge in [0.15, 0.2) is 0 Å². The Balaban J connectivity index is 1.79. The Morgan fingerprint density at radius 3 is 2.18 bits per heavy atom. The highest BCUT2D eigenvalue weighted by Crippen LogP contribution is 2.27. The summed E-state index contributed by atoms with van der Waals surface area (Å²) in [5.74, 6) is 0. The van der Waals surface area contributed by atoms with E-state index in [1.165, 1.54) is 12.8 Å². The number of carbonyl (C=O) groups excluding carboxylic acids is 1. The van der Waals surface area contributed by atoms with E-state index < -0.39 is 0 Å². The first-order chi connectivity index (χ1) is 10.8. The van der Waals surface area contributed by atoms with Crippen molar-refractivity contribution in [3.63, 3.8) is 0 Å². The van der Waals surface area contributed by atoms with Gasteiger partial charge in [0.2, 0.25) is 0 Å². The molecule has 0 saturated carbocycles. The molecule has 3 nitrogen and oxygen atoms in total. The van der Waals surface area contributed by atoms with Gasteiger partial charge in [-0.25, -0.2) is 4.79 Å². The van der Waals surface area contributed by atoms with Crippen molar-refractivity contribution in [3.8, 4) is 11.1 Å². The molecule has 0 bridgehead atoms. The Morgan fingerprint density at radius 2 is 1.45 bits per heavy atom. The molecule has 1 fully saturated rings. The molecule has 0 aromatic heterocycles. The van der Waals surface area contributed by atoms with Gasteiger partial charge in [0.05, 0.1) is 5.69 Å². The van der Waals surface area contributed by atoms with E-state index in [9.17, 15) is 4.79 Å². The van der Waals surface area contributed by atoms with E-state index in [1.54, 1.807) is 0 Å². The fourth-order valence-electron chi connectivity index (χ4n) is 2.93. The van der Waals surface area contributed by atoms with Crippen molar-refractivity contribution in [1.82, 2.24) is 4.90 Å². The molecule has 114 valence electrons. The molecule has 1 saturated heterocycles. The van der Waals surface area contributed by atoms with Crippen LogP contribution in [0.3, 0.4) is 0 Å². The Bertz CT molecular complexity index is 616. The summed E-state index contributed by atoms with van der Waals surface area (Å²) in [6.45, 7) is 1.72. The minimum atomic E-state index is 0.0188. The molecule has 2 amide bonds. The maximum Gasteiger partial charge on any atom is 0.321 e. The van der Waals surface area contributed by atoms with E-state index in [4.69, 9.17) is 0 Å². The van der Waals surface area contributed by atoms with Gasteiger partial charge in [0, 0.05) is 18.7 Å². The van der Waals surface area contributed by atoms with Gasteiger partial charge in [-0.3, -0.25) is 0 Å². The number of anilines is 1. The molecule has 2 aromatic rings. The highest BCUT2D eigenvalue weighted by Gasteiger charge is 2.16. The molecule has 1 aliphatic heterocycles. The van der Waals surface area contributed by atoms with Crippen LogP contribution in [0.2, 0.25) is 0 Å². The van der Waals surface area contributed by atoms with Crippen molar-refractivity contribution >= 4 is 11.7 Å². The van der Waals surface area contributed by atoms with E-state index in [0.717, 1.165) is 42.7 Å². The van der Waals surface area contributed by atoms with Crippen LogP contribution >= 0.6 is 0 Å². The summed E-state index contributed by atoms with van der Waals surface area (Å²) in [5.41, 5.74) is 3.06. The number of likely N-dealkylation sites (tertiary alicyclic amines) is 1. The van der Waals surface area contributed by atoms with Crippen molar-refractivity contribution in [2.75, 3.05) is 18.4 Å². The lowest BCUT2D eigenvalue weighted by atomic mass is 10.0. The van der Waals surface area contributed by atoms with Gasteiger partial charge < -0.3 is 10.2 Å². The van der Waals surface area contributed by atoms with Gasteiger partial charge in [0.25, 0.3) is 0 Å². The summed E-state index contributed by atoms with van der Waals surface area (Å²) in [6, 6.07) is 18.2. The highest BCUT2D eigenvalue weighted by molar-refractivity contribution is 5.94. The standard InChI is InChI=1S/C19H22N2O/c22-19(21-14-8-1-2-9-15-21)20-18-13-7-6-12-17(18)16-10-4-3-5-11-16/h3-7,10-13H,1-2,8-9,14-15H2,(H,20,22). The molecule has 0 unspecified atom stereocenters. The van der Waals surface area contributed by atoms with Crippen molar-refractivity contribution in [2.24, 2.45) is 0 Å². The van der Waals surface area contributed by atoms with Crippen LogP contribution in [0.25, 0.3) is 11.1 Å². The summed E-state index contributed by atoms with van der Waals surface area (Å²) in [7, 11) is 0. The number of rotatable bonds is 2. The SMILES string of the molecule is O=C(Nc1ccccc1-c1ccccc1)N1CCCCCC1. The number of amides is 2. The zero-order chi connectivity index (χ0) is 15.2. The number of hydrogen-bond donors (Lipinski definition) is 1. The monoisotopic (exact) mass is 294 g/mol. The van der Waals surface area contributed by atoms with Crippen LogP contribution in [0, 0.1) is 0 Å². The maximum atomic E-state index is 12.5. The summed E-state index contributed by atoms with van der Waals surface area (Å²) in [4.78, 5) is 14.5. The molecule has 1 aliphatic rings. The lowest BCUT2D eigenvalue weighted by Crippen LogP contribution is -2.35. The lowest BCUT2D eigenvalue weighted by molar-refractivity contribution is 0.214. The first-order valence-corrected chi connectivity index (χ1v) is 8.05. The van der Waals surface area contributed by atoms with E-state index in [0.29, 0.717) is 0 Å². The van der Waals surface area contributed by atoms with Crippen LogP contribution in [0.4, 0.5) is 10.5 Å². The van der Waals surface area contributed by atoms with Crippen LogP contribution in [0.1, 0.15) is 25.7 Å². The quantitative estimate of drug-likeness (QED) is 0.850. The summed E-state index contributed by atoms with van der Waals surface area (Å²) in [5, 5.41) is 3.09. The zero-order valence-electron chi connectivity index (χ0n) is 12.8. The average molecular weight is 294 g/mol. The number of urea groups is 1. The largest absolute Gasteiger partial charge is 0.325 e. The van der Waals surface area contributed by atoms with Crippen LogP contribution in [0.5, 0.6) is 0 Å². The number of para-hydroxylation sites is 1. The molecule has 3 heteroatoms. The smallest absolute Gasteiger partial charge is 0.321 e. The van der Waals surface area contributed by atoms with Crippen LogP contribution < -0.4 is 5.32 Å². The molecule has 1 N–H and O–H groups in total. The molecule has 22 heavy (non-hydrogen) atoms. The van der Waals surface area contributed by atoms with Gasteiger partial charge in [-0.05, 0) is 24.5 Å². The Morgan fingerprint density at radius 1 is 0.818 bits per heavy atom. The summed E-state index contributed by atoms with van der Waals surface area (Å²) in [6.07, 6.45) is 4.66. The van der Waals surface area contributed by atoms with Crippen molar-refractivity contribution < 1.29 is 4.79 Å². The van der Waals surface area contributed by atoms with Gasteiger partial charge in [-0.1, -0.05) is 61.4 Å². The summed E-state index contributed by atoms with van der Waals surface area (Å²) < 4.78 is 0. The second-order valence-corrected chi connectivity index (χ2v) is 5.74. The normalized spacial score (nSPS) is 15.2. The first-order valence-electron chi connectivity index (χ1n) is 8.05. The van der Waals surface area contributed by atoms with Crippen LogP contribution in [-0.2, 0) is 0 Å².